The molecular formula is C17H22N2. The van der Waals surface area contributed by atoms with Crippen molar-refractivity contribution < 1.29 is 0 Å². The molecule has 0 aliphatic rings. The molecule has 1 unspecified atom stereocenters. The van der Waals surface area contributed by atoms with Gasteiger partial charge in [-0.1, -0.05) is 37.3 Å². The molecule has 0 radical (unpaired) electrons. The molecule has 2 nitrogen and oxygen atoms in total. The molecule has 0 saturated heterocycles. The predicted octanol–water partition coefficient (Wildman–Crippen LogP) is 4.17. The first-order chi connectivity index (χ1) is 9.13. The fourth-order valence-corrected chi connectivity index (χ4v) is 2.26. The maximum absolute atomic E-state index is 6.04. The molecule has 0 aliphatic carbocycles. The Bertz CT molecular complexity index is 531. The van der Waals surface area contributed by atoms with Crippen LogP contribution in [-0.4, -0.2) is 7.05 Å². The molecule has 2 aromatic rings. The molecule has 0 bridgehead atoms. The highest BCUT2D eigenvalue weighted by Crippen LogP contribution is 2.27. The fraction of sp³-hybridized carbons (Fsp3) is 0.294. The average Bonchev–Trinajstić information content (AvgIpc) is 2.46. The van der Waals surface area contributed by atoms with Crippen LogP contribution in [0.4, 0.5) is 11.4 Å². The maximum Gasteiger partial charge on any atom is 0.0437 e. The van der Waals surface area contributed by atoms with Gasteiger partial charge < -0.3 is 10.6 Å². The van der Waals surface area contributed by atoms with E-state index < -0.39 is 0 Å². The molecule has 0 spiro atoms. The van der Waals surface area contributed by atoms with Gasteiger partial charge in [0.1, 0.15) is 0 Å². The van der Waals surface area contributed by atoms with Crippen molar-refractivity contribution in [3.8, 4) is 0 Å². The zero-order valence-electron chi connectivity index (χ0n) is 11.9. The molecule has 2 N–H and O–H groups in total. The molecule has 0 saturated carbocycles. The smallest absolute Gasteiger partial charge is 0.0437 e. The molecule has 19 heavy (non-hydrogen) atoms. The van der Waals surface area contributed by atoms with Gasteiger partial charge in [0, 0.05) is 24.5 Å². The van der Waals surface area contributed by atoms with Crippen LogP contribution in [0, 0.1) is 6.92 Å². The van der Waals surface area contributed by atoms with E-state index in [4.69, 9.17) is 5.73 Å². The SMILES string of the molecule is CCC(N)c1ccc(N(C)c2ccccc2C)cc1. The maximum atomic E-state index is 6.04. The Morgan fingerprint density at radius 3 is 2.26 bits per heavy atom. The van der Waals surface area contributed by atoms with Gasteiger partial charge in [-0.2, -0.15) is 0 Å². The van der Waals surface area contributed by atoms with Crippen LogP contribution < -0.4 is 10.6 Å². The van der Waals surface area contributed by atoms with E-state index in [1.54, 1.807) is 0 Å². The van der Waals surface area contributed by atoms with Crippen molar-refractivity contribution in [1.82, 2.24) is 0 Å². The molecule has 2 rings (SSSR count). The van der Waals surface area contributed by atoms with E-state index in [0.29, 0.717) is 0 Å². The minimum atomic E-state index is 0.137. The van der Waals surface area contributed by atoms with E-state index in [9.17, 15) is 0 Å². The quantitative estimate of drug-likeness (QED) is 0.887. The van der Waals surface area contributed by atoms with Crippen molar-refractivity contribution in [3.05, 3.63) is 59.7 Å². The highest BCUT2D eigenvalue weighted by atomic mass is 15.1. The number of benzene rings is 2. The van der Waals surface area contributed by atoms with Crippen LogP contribution in [0.3, 0.4) is 0 Å². The number of aryl methyl sites for hydroxylation is 1. The first kappa shape index (κ1) is 13.6. The summed E-state index contributed by atoms with van der Waals surface area (Å²) in [5, 5.41) is 0. The standard InChI is InChI=1S/C17H22N2/c1-4-16(18)14-9-11-15(12-10-14)19(3)17-8-6-5-7-13(17)2/h5-12,16H,4,18H2,1-3H3. The lowest BCUT2D eigenvalue weighted by molar-refractivity contribution is 0.699. The van der Waals surface area contributed by atoms with Gasteiger partial charge in [0.2, 0.25) is 0 Å². The lowest BCUT2D eigenvalue weighted by Crippen LogP contribution is -2.12. The van der Waals surface area contributed by atoms with Gasteiger partial charge in [-0.15, -0.1) is 0 Å². The van der Waals surface area contributed by atoms with E-state index in [1.807, 2.05) is 0 Å². The van der Waals surface area contributed by atoms with Gasteiger partial charge in [0.05, 0.1) is 0 Å². The Morgan fingerprint density at radius 2 is 1.68 bits per heavy atom. The summed E-state index contributed by atoms with van der Waals surface area (Å²) in [5.74, 6) is 0. The summed E-state index contributed by atoms with van der Waals surface area (Å²) in [7, 11) is 2.09. The van der Waals surface area contributed by atoms with E-state index in [2.05, 4.69) is 74.3 Å². The molecule has 0 aliphatic heterocycles. The van der Waals surface area contributed by atoms with Crippen LogP contribution in [-0.2, 0) is 0 Å². The van der Waals surface area contributed by atoms with Crippen LogP contribution >= 0.6 is 0 Å². The monoisotopic (exact) mass is 254 g/mol. The first-order valence-electron chi connectivity index (χ1n) is 6.78. The second-order valence-electron chi connectivity index (χ2n) is 4.95. The van der Waals surface area contributed by atoms with Gasteiger partial charge in [0.25, 0.3) is 0 Å². The Kier molecular flexibility index (Phi) is 4.23. The molecule has 1 atom stereocenters. The number of nitrogens with zero attached hydrogens (tertiary/aromatic N) is 1. The van der Waals surface area contributed by atoms with Crippen molar-refractivity contribution in [2.75, 3.05) is 11.9 Å². The second kappa shape index (κ2) is 5.89. The average molecular weight is 254 g/mol. The summed E-state index contributed by atoms with van der Waals surface area (Å²) in [5.41, 5.74) is 10.9. The Morgan fingerprint density at radius 1 is 1.05 bits per heavy atom. The Labute approximate surface area is 115 Å². The van der Waals surface area contributed by atoms with E-state index in [1.165, 1.54) is 22.5 Å². The number of anilines is 2. The molecule has 2 aromatic carbocycles. The van der Waals surface area contributed by atoms with Crippen LogP contribution in [0.5, 0.6) is 0 Å². The minimum absolute atomic E-state index is 0.137. The lowest BCUT2D eigenvalue weighted by atomic mass is 10.0. The Hall–Kier alpha value is -1.80. The summed E-state index contributed by atoms with van der Waals surface area (Å²) < 4.78 is 0. The number of hydrogen-bond acceptors (Lipinski definition) is 2. The molecule has 100 valence electrons. The third-order valence-electron chi connectivity index (χ3n) is 3.63. The van der Waals surface area contributed by atoms with Crippen LogP contribution in [0.2, 0.25) is 0 Å². The van der Waals surface area contributed by atoms with Gasteiger partial charge in [-0.25, -0.2) is 0 Å². The van der Waals surface area contributed by atoms with Gasteiger partial charge >= 0.3 is 0 Å². The van der Waals surface area contributed by atoms with Crippen molar-refractivity contribution >= 4 is 11.4 Å². The fourth-order valence-electron chi connectivity index (χ4n) is 2.26. The summed E-state index contributed by atoms with van der Waals surface area (Å²) >= 11 is 0. The summed E-state index contributed by atoms with van der Waals surface area (Å²) in [6, 6.07) is 17.1. The molecule has 0 aromatic heterocycles. The number of nitrogens with two attached hydrogens (primary N) is 1. The molecule has 0 fully saturated rings. The normalized spacial score (nSPS) is 12.2. The van der Waals surface area contributed by atoms with E-state index in [-0.39, 0.29) is 6.04 Å². The zero-order chi connectivity index (χ0) is 13.8. The van der Waals surface area contributed by atoms with Crippen molar-refractivity contribution in [2.24, 2.45) is 5.73 Å². The van der Waals surface area contributed by atoms with E-state index in [0.717, 1.165) is 6.42 Å². The third-order valence-corrected chi connectivity index (χ3v) is 3.63. The van der Waals surface area contributed by atoms with Crippen LogP contribution in [0.25, 0.3) is 0 Å². The topological polar surface area (TPSA) is 29.3 Å². The van der Waals surface area contributed by atoms with Crippen molar-refractivity contribution in [2.45, 2.75) is 26.3 Å². The predicted molar refractivity (Wildman–Crippen MR) is 82.9 cm³/mol. The Balaban J connectivity index is 2.25. The van der Waals surface area contributed by atoms with Gasteiger partial charge in [0.15, 0.2) is 0 Å². The summed E-state index contributed by atoms with van der Waals surface area (Å²) in [6.07, 6.45) is 0.965. The number of para-hydroxylation sites is 1. The van der Waals surface area contributed by atoms with Crippen LogP contribution in [0.1, 0.15) is 30.5 Å². The summed E-state index contributed by atoms with van der Waals surface area (Å²) in [4.78, 5) is 2.20. The highest BCUT2D eigenvalue weighted by molar-refractivity contribution is 5.65. The minimum Gasteiger partial charge on any atom is -0.344 e. The largest absolute Gasteiger partial charge is 0.344 e. The zero-order valence-corrected chi connectivity index (χ0v) is 11.9. The molecular weight excluding hydrogens is 232 g/mol. The van der Waals surface area contributed by atoms with Gasteiger partial charge in [-0.05, 0) is 42.7 Å². The van der Waals surface area contributed by atoms with Gasteiger partial charge in [-0.3, -0.25) is 0 Å². The van der Waals surface area contributed by atoms with Crippen LogP contribution in [0.15, 0.2) is 48.5 Å². The first-order valence-corrected chi connectivity index (χ1v) is 6.78. The number of rotatable bonds is 4. The van der Waals surface area contributed by atoms with Crippen molar-refractivity contribution in [1.29, 1.82) is 0 Å². The number of hydrogen-bond donors (Lipinski definition) is 1. The molecule has 0 amide bonds. The summed E-state index contributed by atoms with van der Waals surface area (Å²) in [6.45, 7) is 4.24. The third kappa shape index (κ3) is 2.96. The van der Waals surface area contributed by atoms with E-state index >= 15 is 0 Å². The second-order valence-corrected chi connectivity index (χ2v) is 4.95. The molecule has 0 heterocycles. The highest BCUT2D eigenvalue weighted by Gasteiger charge is 2.07. The van der Waals surface area contributed by atoms with Crippen molar-refractivity contribution in [3.63, 3.8) is 0 Å². The lowest BCUT2D eigenvalue weighted by Gasteiger charge is -2.22. The molecule has 2 heteroatoms.